The molecule has 1 heterocycles. The second-order valence-corrected chi connectivity index (χ2v) is 2.65. The zero-order valence-electron chi connectivity index (χ0n) is 5.88. The van der Waals surface area contributed by atoms with Crippen molar-refractivity contribution in [3.05, 3.63) is 11.6 Å². The van der Waals surface area contributed by atoms with Crippen molar-refractivity contribution >= 4 is 12.1 Å². The molecule has 0 saturated carbocycles. The van der Waals surface area contributed by atoms with Gasteiger partial charge in [-0.3, -0.25) is 4.99 Å². The summed E-state index contributed by atoms with van der Waals surface area (Å²) in [6.07, 6.45) is 7.56. The Labute approximate surface area is 60.4 Å². The van der Waals surface area contributed by atoms with E-state index in [2.05, 4.69) is 16.1 Å². The van der Waals surface area contributed by atoms with Crippen LogP contribution in [0.5, 0.6) is 0 Å². The number of hydrogen-bond acceptors (Lipinski definition) is 2. The summed E-state index contributed by atoms with van der Waals surface area (Å²) in [5, 5.41) is 0. The number of hydrogen-bond donors (Lipinski definition) is 0. The average Bonchev–Trinajstić information content (AvgIpc) is 2.05. The molecule has 0 fully saturated rings. The Morgan fingerprint density at radius 1 is 1.40 bits per heavy atom. The van der Waals surface area contributed by atoms with Crippen LogP contribution in [-0.4, -0.2) is 18.6 Å². The van der Waals surface area contributed by atoms with Crippen LogP contribution in [0.2, 0.25) is 0 Å². The van der Waals surface area contributed by atoms with Crippen LogP contribution in [0.3, 0.4) is 0 Å². The lowest BCUT2D eigenvalue weighted by Crippen LogP contribution is -2.13. The van der Waals surface area contributed by atoms with Crippen LogP contribution in [-0.2, 0) is 0 Å². The third-order valence-electron chi connectivity index (χ3n) is 1.94. The number of fused-ring (bicyclic) bond motifs is 1. The average molecular weight is 134 g/mol. The van der Waals surface area contributed by atoms with Gasteiger partial charge in [-0.05, 0) is 24.8 Å². The van der Waals surface area contributed by atoms with Crippen molar-refractivity contribution in [1.82, 2.24) is 0 Å². The summed E-state index contributed by atoms with van der Waals surface area (Å²) in [5.74, 6) is 0. The minimum absolute atomic E-state index is 0.860. The van der Waals surface area contributed by atoms with Gasteiger partial charge in [0.1, 0.15) is 6.34 Å². The van der Waals surface area contributed by atoms with Crippen LogP contribution < -0.4 is 0 Å². The molecule has 2 aliphatic rings. The molecule has 0 unspecified atom stereocenters. The first-order chi connectivity index (χ1) is 4.97. The van der Waals surface area contributed by atoms with Gasteiger partial charge in [-0.25, -0.2) is 4.99 Å². The van der Waals surface area contributed by atoms with Crippen LogP contribution >= 0.6 is 0 Å². The molecule has 0 aromatic carbocycles. The summed E-state index contributed by atoms with van der Waals surface area (Å²) in [4.78, 5) is 8.29. The van der Waals surface area contributed by atoms with Crippen molar-refractivity contribution in [2.45, 2.75) is 19.3 Å². The molecule has 0 saturated heterocycles. The van der Waals surface area contributed by atoms with E-state index in [0.29, 0.717) is 0 Å². The van der Waals surface area contributed by atoms with Crippen LogP contribution in [0, 0.1) is 0 Å². The van der Waals surface area contributed by atoms with Crippen molar-refractivity contribution < 1.29 is 0 Å². The summed E-state index contributed by atoms with van der Waals surface area (Å²) in [5.41, 5.74) is 2.62. The lowest BCUT2D eigenvalue weighted by atomic mass is 9.97. The fourth-order valence-corrected chi connectivity index (χ4v) is 1.38. The molecule has 2 heteroatoms. The Morgan fingerprint density at radius 2 is 2.40 bits per heavy atom. The third-order valence-corrected chi connectivity index (χ3v) is 1.94. The largest absolute Gasteiger partial charge is 0.269 e. The molecule has 52 valence electrons. The first-order valence-corrected chi connectivity index (χ1v) is 3.71. The Bertz CT molecular complexity index is 223. The van der Waals surface area contributed by atoms with Gasteiger partial charge in [0, 0.05) is 5.71 Å². The monoisotopic (exact) mass is 134 g/mol. The molecule has 0 atom stereocenters. The second-order valence-electron chi connectivity index (χ2n) is 2.65. The lowest BCUT2D eigenvalue weighted by Gasteiger charge is -2.15. The van der Waals surface area contributed by atoms with E-state index >= 15 is 0 Å². The SMILES string of the molecule is C1=NCC2=CCCCC2=N1. The quantitative estimate of drug-likeness (QED) is 0.480. The van der Waals surface area contributed by atoms with Crippen molar-refractivity contribution in [3.63, 3.8) is 0 Å². The Morgan fingerprint density at radius 3 is 3.30 bits per heavy atom. The fraction of sp³-hybridized carbons (Fsp3) is 0.500. The van der Waals surface area contributed by atoms with Gasteiger partial charge in [-0.2, -0.15) is 0 Å². The first-order valence-electron chi connectivity index (χ1n) is 3.71. The highest BCUT2D eigenvalue weighted by atomic mass is 14.9. The summed E-state index contributed by atoms with van der Waals surface area (Å²) in [6, 6.07) is 0. The predicted octanol–water partition coefficient (Wildman–Crippen LogP) is 1.58. The number of nitrogens with zero attached hydrogens (tertiary/aromatic N) is 2. The molecule has 0 amide bonds. The van der Waals surface area contributed by atoms with Gasteiger partial charge in [0.2, 0.25) is 0 Å². The maximum absolute atomic E-state index is 4.21. The number of rotatable bonds is 0. The van der Waals surface area contributed by atoms with Crippen LogP contribution in [0.4, 0.5) is 0 Å². The van der Waals surface area contributed by atoms with E-state index < -0.39 is 0 Å². The maximum atomic E-state index is 4.21. The molecule has 0 aromatic rings. The van der Waals surface area contributed by atoms with Gasteiger partial charge < -0.3 is 0 Å². The zero-order valence-corrected chi connectivity index (χ0v) is 5.88. The molecule has 10 heavy (non-hydrogen) atoms. The lowest BCUT2D eigenvalue weighted by molar-refractivity contribution is 0.856. The van der Waals surface area contributed by atoms with Crippen molar-refractivity contribution in [2.75, 3.05) is 6.54 Å². The minimum Gasteiger partial charge on any atom is -0.269 e. The van der Waals surface area contributed by atoms with Crippen LogP contribution in [0.25, 0.3) is 0 Å². The highest BCUT2D eigenvalue weighted by molar-refractivity contribution is 6.05. The smallest absolute Gasteiger partial charge is 0.110 e. The molecule has 1 aliphatic carbocycles. The summed E-state index contributed by atoms with van der Waals surface area (Å²) >= 11 is 0. The van der Waals surface area contributed by atoms with Gasteiger partial charge in [0.05, 0.1) is 6.54 Å². The minimum atomic E-state index is 0.860. The third kappa shape index (κ3) is 0.897. The summed E-state index contributed by atoms with van der Waals surface area (Å²) in [6.45, 7) is 0.860. The number of aliphatic imine (C=N–C) groups is 2. The van der Waals surface area contributed by atoms with E-state index in [9.17, 15) is 0 Å². The van der Waals surface area contributed by atoms with Gasteiger partial charge in [-0.1, -0.05) is 6.08 Å². The normalized spacial score (nSPS) is 23.2. The molecular weight excluding hydrogens is 124 g/mol. The van der Waals surface area contributed by atoms with Gasteiger partial charge in [0.15, 0.2) is 0 Å². The highest BCUT2D eigenvalue weighted by Crippen LogP contribution is 2.17. The number of allylic oxidation sites excluding steroid dienone is 1. The molecule has 0 radical (unpaired) electrons. The van der Waals surface area contributed by atoms with E-state index in [-0.39, 0.29) is 0 Å². The molecule has 2 nitrogen and oxygen atoms in total. The molecule has 0 N–H and O–H groups in total. The molecule has 0 spiro atoms. The van der Waals surface area contributed by atoms with Crippen LogP contribution in [0.1, 0.15) is 19.3 Å². The Hall–Kier alpha value is -0.920. The van der Waals surface area contributed by atoms with Gasteiger partial charge >= 0.3 is 0 Å². The molecule has 2 rings (SSSR count). The van der Waals surface area contributed by atoms with Crippen molar-refractivity contribution in [2.24, 2.45) is 9.98 Å². The molecular formula is C8H10N2. The Balaban J connectivity index is 2.32. The predicted molar refractivity (Wildman–Crippen MR) is 42.7 cm³/mol. The van der Waals surface area contributed by atoms with Crippen molar-refractivity contribution in [1.29, 1.82) is 0 Å². The zero-order chi connectivity index (χ0) is 6.81. The van der Waals surface area contributed by atoms with E-state index in [1.807, 2.05) is 0 Å². The molecule has 0 bridgehead atoms. The summed E-state index contributed by atoms with van der Waals surface area (Å²) < 4.78 is 0. The van der Waals surface area contributed by atoms with Gasteiger partial charge in [0.25, 0.3) is 0 Å². The summed E-state index contributed by atoms with van der Waals surface area (Å²) in [7, 11) is 0. The molecule has 1 aliphatic heterocycles. The van der Waals surface area contributed by atoms with E-state index in [0.717, 1.165) is 13.0 Å². The second kappa shape index (κ2) is 2.37. The topological polar surface area (TPSA) is 24.7 Å². The Kier molecular flexibility index (Phi) is 1.38. The molecule has 0 aromatic heterocycles. The van der Waals surface area contributed by atoms with Gasteiger partial charge in [-0.15, -0.1) is 0 Å². The standard InChI is InChI=1S/C8H10N2/c1-2-4-8-7(3-1)5-9-6-10-8/h3,6H,1-2,4-5H2. The van der Waals surface area contributed by atoms with E-state index in [1.165, 1.54) is 24.1 Å². The van der Waals surface area contributed by atoms with E-state index in [4.69, 9.17) is 0 Å². The van der Waals surface area contributed by atoms with E-state index in [1.54, 1.807) is 6.34 Å². The fourth-order valence-electron chi connectivity index (χ4n) is 1.38. The highest BCUT2D eigenvalue weighted by Gasteiger charge is 2.11. The van der Waals surface area contributed by atoms with Crippen LogP contribution in [0.15, 0.2) is 21.6 Å². The van der Waals surface area contributed by atoms with Crippen molar-refractivity contribution in [3.8, 4) is 0 Å². The first kappa shape index (κ1) is 5.83. The maximum Gasteiger partial charge on any atom is 0.110 e.